The van der Waals surface area contributed by atoms with E-state index < -0.39 is 0 Å². The molecule has 0 bridgehead atoms. The van der Waals surface area contributed by atoms with Crippen LogP contribution in [-0.4, -0.2) is 6.61 Å². The summed E-state index contributed by atoms with van der Waals surface area (Å²) in [6, 6.07) is 4.30. The highest BCUT2D eigenvalue weighted by Gasteiger charge is 2.08. The zero-order valence-corrected chi connectivity index (χ0v) is 11.7. The Labute approximate surface area is 106 Å². The average Bonchev–Trinajstić information content (AvgIpc) is 2.29. The van der Waals surface area contributed by atoms with Crippen molar-refractivity contribution in [1.82, 2.24) is 0 Å². The van der Waals surface area contributed by atoms with Crippen LogP contribution >= 0.6 is 0 Å². The van der Waals surface area contributed by atoms with E-state index in [0.29, 0.717) is 5.92 Å². The summed E-state index contributed by atoms with van der Waals surface area (Å²) in [5.41, 5.74) is 4.07. The molecule has 0 aliphatic rings. The summed E-state index contributed by atoms with van der Waals surface area (Å²) < 4.78 is 5.61. The molecule has 1 unspecified atom stereocenters. The van der Waals surface area contributed by atoms with Crippen LogP contribution in [0.1, 0.15) is 37.5 Å². The highest BCUT2D eigenvalue weighted by molar-refractivity contribution is 5.43. The average molecular weight is 232 g/mol. The minimum Gasteiger partial charge on any atom is -0.494 e. The first-order valence-corrected chi connectivity index (χ1v) is 6.44. The molecule has 0 N–H and O–H groups in total. The van der Waals surface area contributed by atoms with Crippen molar-refractivity contribution in [2.24, 2.45) is 5.92 Å². The van der Waals surface area contributed by atoms with Crippen LogP contribution in [0.5, 0.6) is 5.75 Å². The topological polar surface area (TPSA) is 9.23 Å². The van der Waals surface area contributed by atoms with Gasteiger partial charge in [-0.15, -0.1) is 0 Å². The lowest BCUT2D eigenvalue weighted by Gasteiger charge is -2.15. The quantitative estimate of drug-likeness (QED) is 0.681. The summed E-state index contributed by atoms with van der Waals surface area (Å²) in [6.45, 7) is 11.4. The van der Waals surface area contributed by atoms with Gasteiger partial charge in [0.05, 0.1) is 6.61 Å². The van der Waals surface area contributed by atoms with E-state index in [1.165, 1.54) is 16.7 Å². The standard InChI is InChI=1S/C16H24O/c1-6-8-12(3)11-15-9-10-16(17-7-2)14(5)13(15)4/h6,8-10,12H,7,11H2,1-5H3/b8-6-. The van der Waals surface area contributed by atoms with Crippen molar-refractivity contribution in [2.45, 2.75) is 41.0 Å². The van der Waals surface area contributed by atoms with Gasteiger partial charge in [0.15, 0.2) is 0 Å². The van der Waals surface area contributed by atoms with E-state index in [9.17, 15) is 0 Å². The number of benzene rings is 1. The van der Waals surface area contributed by atoms with E-state index in [1.54, 1.807) is 0 Å². The highest BCUT2D eigenvalue weighted by atomic mass is 16.5. The predicted molar refractivity (Wildman–Crippen MR) is 74.8 cm³/mol. The fourth-order valence-corrected chi connectivity index (χ4v) is 2.13. The third-order valence-corrected chi connectivity index (χ3v) is 3.21. The maximum Gasteiger partial charge on any atom is 0.122 e. The normalized spacial score (nSPS) is 13.0. The maximum absolute atomic E-state index is 5.61. The zero-order chi connectivity index (χ0) is 12.8. The van der Waals surface area contributed by atoms with Crippen LogP contribution in [0, 0.1) is 19.8 Å². The summed E-state index contributed by atoms with van der Waals surface area (Å²) in [7, 11) is 0. The second-order valence-electron chi connectivity index (χ2n) is 4.61. The van der Waals surface area contributed by atoms with Crippen LogP contribution < -0.4 is 4.74 Å². The van der Waals surface area contributed by atoms with Gasteiger partial charge in [-0.25, -0.2) is 0 Å². The van der Waals surface area contributed by atoms with Crippen molar-refractivity contribution in [2.75, 3.05) is 6.61 Å². The van der Waals surface area contributed by atoms with Crippen LogP contribution in [0.2, 0.25) is 0 Å². The van der Waals surface area contributed by atoms with E-state index in [0.717, 1.165) is 18.8 Å². The molecular formula is C16H24O. The van der Waals surface area contributed by atoms with E-state index in [2.05, 4.69) is 52.0 Å². The van der Waals surface area contributed by atoms with Gasteiger partial charge in [-0.1, -0.05) is 25.1 Å². The fraction of sp³-hybridized carbons (Fsp3) is 0.500. The van der Waals surface area contributed by atoms with Crippen molar-refractivity contribution >= 4 is 0 Å². The van der Waals surface area contributed by atoms with Gasteiger partial charge in [-0.2, -0.15) is 0 Å². The Morgan fingerprint density at radius 3 is 2.53 bits per heavy atom. The van der Waals surface area contributed by atoms with Crippen LogP contribution in [0.3, 0.4) is 0 Å². The molecule has 0 aliphatic carbocycles. The Balaban J connectivity index is 2.92. The van der Waals surface area contributed by atoms with Crippen molar-refractivity contribution in [3.05, 3.63) is 41.0 Å². The molecule has 1 heteroatoms. The fourth-order valence-electron chi connectivity index (χ4n) is 2.13. The SMILES string of the molecule is C/C=C\C(C)Cc1ccc(OCC)c(C)c1C. The molecule has 1 aromatic rings. The molecule has 94 valence electrons. The number of hydrogen-bond acceptors (Lipinski definition) is 1. The Bertz CT molecular complexity index is 391. The molecule has 1 rings (SSSR count). The van der Waals surface area contributed by atoms with Gasteiger partial charge >= 0.3 is 0 Å². The van der Waals surface area contributed by atoms with Gasteiger partial charge in [-0.05, 0) is 62.8 Å². The van der Waals surface area contributed by atoms with Crippen molar-refractivity contribution in [3.63, 3.8) is 0 Å². The molecule has 0 aromatic heterocycles. The van der Waals surface area contributed by atoms with Gasteiger partial charge in [0.2, 0.25) is 0 Å². The highest BCUT2D eigenvalue weighted by Crippen LogP contribution is 2.26. The largest absolute Gasteiger partial charge is 0.494 e. The van der Waals surface area contributed by atoms with Gasteiger partial charge in [-0.3, -0.25) is 0 Å². The Kier molecular flexibility index (Phi) is 5.27. The smallest absolute Gasteiger partial charge is 0.122 e. The van der Waals surface area contributed by atoms with Crippen molar-refractivity contribution in [3.8, 4) is 5.75 Å². The maximum atomic E-state index is 5.61. The number of ether oxygens (including phenoxy) is 1. The molecule has 0 spiro atoms. The summed E-state index contributed by atoms with van der Waals surface area (Å²) in [6.07, 6.45) is 5.48. The molecular weight excluding hydrogens is 208 g/mol. The van der Waals surface area contributed by atoms with Crippen molar-refractivity contribution < 1.29 is 4.74 Å². The molecule has 17 heavy (non-hydrogen) atoms. The second kappa shape index (κ2) is 6.48. The molecule has 0 heterocycles. The lowest BCUT2D eigenvalue weighted by molar-refractivity contribution is 0.337. The van der Waals surface area contributed by atoms with Gasteiger partial charge in [0, 0.05) is 0 Å². The summed E-state index contributed by atoms with van der Waals surface area (Å²) in [5.74, 6) is 1.61. The van der Waals surface area contributed by atoms with Crippen molar-refractivity contribution in [1.29, 1.82) is 0 Å². The molecule has 0 fully saturated rings. The van der Waals surface area contributed by atoms with Gasteiger partial charge in [0.25, 0.3) is 0 Å². The second-order valence-corrected chi connectivity index (χ2v) is 4.61. The first-order valence-electron chi connectivity index (χ1n) is 6.44. The molecule has 0 amide bonds. The number of rotatable bonds is 5. The Morgan fingerprint density at radius 1 is 1.24 bits per heavy atom. The first-order chi connectivity index (χ1) is 8.10. The van der Waals surface area contributed by atoms with E-state index in [1.807, 2.05) is 6.92 Å². The van der Waals surface area contributed by atoms with E-state index in [-0.39, 0.29) is 0 Å². The molecule has 1 aromatic carbocycles. The Hall–Kier alpha value is -1.24. The van der Waals surface area contributed by atoms with Gasteiger partial charge < -0.3 is 4.74 Å². The van der Waals surface area contributed by atoms with Gasteiger partial charge in [0.1, 0.15) is 5.75 Å². The minimum absolute atomic E-state index is 0.594. The molecule has 1 atom stereocenters. The summed E-state index contributed by atoms with van der Waals surface area (Å²) >= 11 is 0. The first kappa shape index (κ1) is 13.8. The molecule has 0 radical (unpaired) electrons. The molecule has 0 saturated heterocycles. The third kappa shape index (κ3) is 3.62. The lowest BCUT2D eigenvalue weighted by Crippen LogP contribution is -2.02. The minimum atomic E-state index is 0.594. The third-order valence-electron chi connectivity index (χ3n) is 3.21. The zero-order valence-electron chi connectivity index (χ0n) is 11.7. The van der Waals surface area contributed by atoms with Crippen LogP contribution in [-0.2, 0) is 6.42 Å². The van der Waals surface area contributed by atoms with Crippen LogP contribution in [0.25, 0.3) is 0 Å². The summed E-state index contributed by atoms with van der Waals surface area (Å²) in [4.78, 5) is 0. The summed E-state index contributed by atoms with van der Waals surface area (Å²) in [5, 5.41) is 0. The number of allylic oxidation sites excluding steroid dienone is 2. The lowest BCUT2D eigenvalue weighted by atomic mass is 9.94. The number of hydrogen-bond donors (Lipinski definition) is 0. The molecule has 0 aliphatic heterocycles. The predicted octanol–water partition coefficient (Wildman–Crippen LogP) is 4.46. The Morgan fingerprint density at radius 2 is 1.94 bits per heavy atom. The molecule has 0 saturated carbocycles. The molecule has 1 nitrogen and oxygen atoms in total. The monoisotopic (exact) mass is 232 g/mol. The van der Waals surface area contributed by atoms with E-state index in [4.69, 9.17) is 4.74 Å². The van der Waals surface area contributed by atoms with Crippen LogP contribution in [0.4, 0.5) is 0 Å². The van der Waals surface area contributed by atoms with Crippen LogP contribution in [0.15, 0.2) is 24.3 Å². The van der Waals surface area contributed by atoms with E-state index >= 15 is 0 Å².